The normalized spacial score (nSPS) is 12.1. The van der Waals surface area contributed by atoms with E-state index in [9.17, 15) is 0 Å². The molecule has 1 rings (SSSR count). The van der Waals surface area contributed by atoms with E-state index >= 15 is 0 Å². The quantitative estimate of drug-likeness (QED) is 0.766. The van der Waals surface area contributed by atoms with Gasteiger partial charge in [0.05, 0.1) is 28.2 Å². The molecular formula is C9H9Cl2N3. The van der Waals surface area contributed by atoms with Crippen molar-refractivity contribution in [1.29, 1.82) is 5.26 Å². The van der Waals surface area contributed by atoms with Gasteiger partial charge in [0, 0.05) is 6.04 Å². The first-order valence-electron chi connectivity index (χ1n) is 3.93. The van der Waals surface area contributed by atoms with Crippen molar-refractivity contribution in [3.8, 4) is 6.07 Å². The lowest BCUT2D eigenvalue weighted by Crippen LogP contribution is -2.09. The lowest BCUT2D eigenvalue weighted by atomic mass is 10.1. The van der Waals surface area contributed by atoms with Crippen molar-refractivity contribution in [2.45, 2.75) is 12.5 Å². The predicted molar refractivity (Wildman–Crippen MR) is 58.0 cm³/mol. The van der Waals surface area contributed by atoms with Gasteiger partial charge in [0.1, 0.15) is 0 Å². The van der Waals surface area contributed by atoms with E-state index < -0.39 is 0 Å². The molecule has 0 spiro atoms. The molecule has 1 unspecified atom stereocenters. The summed E-state index contributed by atoms with van der Waals surface area (Å²) >= 11 is 11.6. The molecule has 0 fully saturated rings. The zero-order valence-corrected chi connectivity index (χ0v) is 8.81. The minimum absolute atomic E-state index is 0.219. The summed E-state index contributed by atoms with van der Waals surface area (Å²) in [6.45, 7) is 0. The Hall–Kier alpha value is -0.950. The second kappa shape index (κ2) is 4.52. The summed E-state index contributed by atoms with van der Waals surface area (Å²) in [7, 11) is 0. The first kappa shape index (κ1) is 11.1. The molecule has 0 bridgehead atoms. The average molecular weight is 230 g/mol. The largest absolute Gasteiger partial charge is 0.396 e. The van der Waals surface area contributed by atoms with Crippen LogP contribution in [0.5, 0.6) is 0 Å². The number of nitriles is 1. The highest BCUT2D eigenvalue weighted by atomic mass is 35.5. The molecule has 0 saturated carbocycles. The summed E-state index contributed by atoms with van der Waals surface area (Å²) in [5, 5.41) is 9.19. The lowest BCUT2D eigenvalue weighted by Gasteiger charge is -2.10. The van der Waals surface area contributed by atoms with Crippen LogP contribution in [0.4, 0.5) is 5.69 Å². The van der Waals surface area contributed by atoms with E-state index in [-0.39, 0.29) is 12.5 Å². The van der Waals surface area contributed by atoms with Gasteiger partial charge in [-0.15, -0.1) is 0 Å². The molecule has 1 atom stereocenters. The SMILES string of the molecule is N#CCC(N)c1cc(Cl)c(N)c(Cl)c1. The van der Waals surface area contributed by atoms with Crippen LogP contribution in [0.3, 0.4) is 0 Å². The summed E-state index contributed by atoms with van der Waals surface area (Å²) < 4.78 is 0. The second-order valence-electron chi connectivity index (χ2n) is 2.87. The van der Waals surface area contributed by atoms with Gasteiger partial charge in [0.25, 0.3) is 0 Å². The van der Waals surface area contributed by atoms with Crippen LogP contribution in [0, 0.1) is 11.3 Å². The van der Waals surface area contributed by atoms with E-state index in [1.165, 1.54) is 0 Å². The van der Waals surface area contributed by atoms with Crippen LogP contribution in [0.15, 0.2) is 12.1 Å². The summed E-state index contributed by atoms with van der Waals surface area (Å²) in [6, 6.07) is 4.86. The van der Waals surface area contributed by atoms with Gasteiger partial charge in [0.15, 0.2) is 0 Å². The molecule has 0 saturated heterocycles. The summed E-state index contributed by atoms with van der Waals surface area (Å²) in [5.41, 5.74) is 12.3. The second-order valence-corrected chi connectivity index (χ2v) is 3.68. The maximum atomic E-state index is 8.47. The van der Waals surface area contributed by atoms with Crippen molar-refractivity contribution in [2.75, 3.05) is 5.73 Å². The Kier molecular flexibility index (Phi) is 3.59. The van der Waals surface area contributed by atoms with Crippen molar-refractivity contribution in [3.05, 3.63) is 27.7 Å². The molecule has 1 aromatic carbocycles. The molecule has 0 aliphatic rings. The number of benzene rings is 1. The van der Waals surface area contributed by atoms with Crippen molar-refractivity contribution >= 4 is 28.9 Å². The Morgan fingerprint density at radius 1 is 1.36 bits per heavy atom. The van der Waals surface area contributed by atoms with Gasteiger partial charge in [-0.25, -0.2) is 0 Å². The molecule has 0 amide bonds. The van der Waals surface area contributed by atoms with Crippen molar-refractivity contribution in [2.24, 2.45) is 5.73 Å². The molecule has 1 aromatic rings. The Labute approximate surface area is 92.2 Å². The van der Waals surface area contributed by atoms with Gasteiger partial charge >= 0.3 is 0 Å². The number of halogens is 2. The monoisotopic (exact) mass is 229 g/mol. The predicted octanol–water partition coefficient (Wildman–Crippen LogP) is 2.49. The number of anilines is 1. The fourth-order valence-electron chi connectivity index (χ4n) is 1.03. The van der Waals surface area contributed by atoms with E-state index in [2.05, 4.69) is 0 Å². The van der Waals surface area contributed by atoms with E-state index in [0.717, 1.165) is 5.56 Å². The number of rotatable bonds is 2. The number of nitrogen functional groups attached to an aromatic ring is 1. The topological polar surface area (TPSA) is 75.8 Å². The summed E-state index contributed by atoms with van der Waals surface area (Å²) in [5.74, 6) is 0. The van der Waals surface area contributed by atoms with Crippen molar-refractivity contribution in [3.63, 3.8) is 0 Å². The molecule has 0 heterocycles. The van der Waals surface area contributed by atoms with Crippen molar-refractivity contribution in [1.82, 2.24) is 0 Å². The minimum Gasteiger partial charge on any atom is -0.396 e. The third kappa shape index (κ3) is 2.30. The highest BCUT2D eigenvalue weighted by Crippen LogP contribution is 2.31. The van der Waals surface area contributed by atoms with Crippen LogP contribution in [0.1, 0.15) is 18.0 Å². The van der Waals surface area contributed by atoms with Gasteiger partial charge in [-0.05, 0) is 17.7 Å². The summed E-state index contributed by atoms with van der Waals surface area (Å²) in [6.07, 6.45) is 0.219. The molecule has 5 heteroatoms. The van der Waals surface area contributed by atoms with Crippen LogP contribution in [0.2, 0.25) is 10.0 Å². The highest BCUT2D eigenvalue weighted by Gasteiger charge is 2.10. The Morgan fingerprint density at radius 2 is 1.86 bits per heavy atom. The molecule has 14 heavy (non-hydrogen) atoms. The fourth-order valence-corrected chi connectivity index (χ4v) is 1.54. The van der Waals surface area contributed by atoms with Gasteiger partial charge < -0.3 is 11.5 Å². The Balaban J connectivity index is 3.07. The molecule has 4 N–H and O–H groups in total. The standard InChI is InChI=1S/C9H9Cl2N3/c10-6-3-5(8(13)1-2-12)4-7(11)9(6)14/h3-4,8H,1,13-14H2. The van der Waals surface area contributed by atoms with Gasteiger partial charge in [-0.2, -0.15) is 5.26 Å². The average Bonchev–Trinajstić information content (AvgIpc) is 2.13. The number of nitrogens with zero attached hydrogens (tertiary/aromatic N) is 1. The molecule has 0 radical (unpaired) electrons. The van der Waals surface area contributed by atoms with Crippen LogP contribution in [0.25, 0.3) is 0 Å². The van der Waals surface area contributed by atoms with E-state index in [1.54, 1.807) is 12.1 Å². The molecular weight excluding hydrogens is 221 g/mol. The van der Waals surface area contributed by atoms with Crippen LogP contribution in [-0.4, -0.2) is 0 Å². The fraction of sp³-hybridized carbons (Fsp3) is 0.222. The zero-order chi connectivity index (χ0) is 10.7. The number of hydrogen-bond acceptors (Lipinski definition) is 3. The highest BCUT2D eigenvalue weighted by molar-refractivity contribution is 6.38. The Morgan fingerprint density at radius 3 is 2.29 bits per heavy atom. The third-order valence-corrected chi connectivity index (χ3v) is 2.47. The van der Waals surface area contributed by atoms with Gasteiger partial charge in [-0.3, -0.25) is 0 Å². The van der Waals surface area contributed by atoms with Crippen molar-refractivity contribution < 1.29 is 0 Å². The first-order chi connectivity index (χ1) is 6.56. The zero-order valence-electron chi connectivity index (χ0n) is 7.30. The van der Waals surface area contributed by atoms with E-state index in [1.807, 2.05) is 6.07 Å². The molecule has 0 aromatic heterocycles. The maximum absolute atomic E-state index is 8.47. The van der Waals surface area contributed by atoms with Crippen LogP contribution >= 0.6 is 23.2 Å². The molecule has 3 nitrogen and oxygen atoms in total. The number of nitrogens with two attached hydrogens (primary N) is 2. The smallest absolute Gasteiger partial charge is 0.0693 e. The van der Waals surface area contributed by atoms with Crippen LogP contribution in [-0.2, 0) is 0 Å². The van der Waals surface area contributed by atoms with E-state index in [0.29, 0.717) is 15.7 Å². The maximum Gasteiger partial charge on any atom is 0.0693 e. The Bertz CT molecular complexity index is 361. The first-order valence-corrected chi connectivity index (χ1v) is 4.68. The van der Waals surface area contributed by atoms with Gasteiger partial charge in [-0.1, -0.05) is 23.2 Å². The summed E-state index contributed by atoms with van der Waals surface area (Å²) in [4.78, 5) is 0. The van der Waals surface area contributed by atoms with Crippen LogP contribution < -0.4 is 11.5 Å². The number of hydrogen-bond donors (Lipinski definition) is 2. The molecule has 0 aliphatic carbocycles. The van der Waals surface area contributed by atoms with Gasteiger partial charge in [0.2, 0.25) is 0 Å². The molecule has 74 valence electrons. The minimum atomic E-state index is -0.379. The third-order valence-electron chi connectivity index (χ3n) is 1.84. The molecule has 0 aliphatic heterocycles. The lowest BCUT2D eigenvalue weighted by molar-refractivity contribution is 0.749. The van der Waals surface area contributed by atoms with E-state index in [4.69, 9.17) is 39.9 Å².